The Morgan fingerprint density at radius 1 is 0.789 bits per heavy atom. The van der Waals surface area contributed by atoms with E-state index in [0.717, 1.165) is 12.5 Å². The van der Waals surface area contributed by atoms with Gasteiger partial charge in [0, 0.05) is 0 Å². The van der Waals surface area contributed by atoms with Crippen molar-refractivity contribution in [1.29, 1.82) is 0 Å². The molecule has 0 aliphatic heterocycles. The minimum Gasteiger partial charge on any atom is -0.437 e. The lowest BCUT2D eigenvalue weighted by molar-refractivity contribution is 0.379. The molecule has 0 aromatic carbocycles. The first-order valence-corrected chi connectivity index (χ1v) is 16.7. The molecule has 0 aliphatic carbocycles. The highest BCUT2D eigenvalue weighted by Gasteiger charge is 2.39. The minimum absolute atomic E-state index is 0.285. The van der Waals surface area contributed by atoms with E-state index in [1.54, 1.807) is 0 Å². The Bertz CT molecular complexity index is 256. The summed E-state index contributed by atoms with van der Waals surface area (Å²) >= 11 is 0. The Hall–Kier alpha value is 0.571. The van der Waals surface area contributed by atoms with Gasteiger partial charge in [-0.05, 0) is 70.1 Å². The quantitative estimate of drug-likeness (QED) is 0.585. The van der Waals surface area contributed by atoms with E-state index in [1.165, 1.54) is 0 Å². The molecule has 0 saturated carbocycles. The van der Waals surface area contributed by atoms with Gasteiger partial charge in [-0.2, -0.15) is 0 Å². The SMILES string of the molecule is CC(C)(C)[CH]CC[Si](C)(O[Si](C)(C)C)O[Si](C)(C)C. The topological polar surface area (TPSA) is 18.5 Å². The van der Waals surface area contributed by atoms with E-state index in [-0.39, 0.29) is 5.41 Å². The van der Waals surface area contributed by atoms with E-state index in [9.17, 15) is 0 Å². The van der Waals surface area contributed by atoms with Crippen molar-refractivity contribution in [2.24, 2.45) is 5.41 Å². The van der Waals surface area contributed by atoms with Gasteiger partial charge in [0.05, 0.1) is 0 Å². The highest BCUT2D eigenvalue weighted by molar-refractivity contribution is 6.87. The van der Waals surface area contributed by atoms with Gasteiger partial charge >= 0.3 is 8.56 Å². The van der Waals surface area contributed by atoms with Crippen molar-refractivity contribution in [2.45, 2.75) is 79.1 Å². The Morgan fingerprint density at radius 2 is 1.16 bits per heavy atom. The average molecular weight is 320 g/mol. The Kier molecular flexibility index (Phi) is 6.75. The first-order chi connectivity index (χ1) is 8.12. The summed E-state index contributed by atoms with van der Waals surface area (Å²) in [6.07, 6.45) is 3.50. The molecule has 19 heavy (non-hydrogen) atoms. The van der Waals surface area contributed by atoms with Crippen LogP contribution >= 0.6 is 0 Å². The van der Waals surface area contributed by atoms with Crippen LogP contribution in [0.5, 0.6) is 0 Å². The largest absolute Gasteiger partial charge is 0.437 e. The van der Waals surface area contributed by atoms with E-state index in [1.807, 2.05) is 0 Å². The Morgan fingerprint density at radius 3 is 1.42 bits per heavy atom. The summed E-state index contributed by atoms with van der Waals surface area (Å²) < 4.78 is 13.0. The average Bonchev–Trinajstić information content (AvgIpc) is 1.90. The maximum Gasteiger partial charge on any atom is 0.314 e. The predicted octanol–water partition coefficient (Wildman–Crippen LogP) is 5.40. The second kappa shape index (κ2) is 6.56. The van der Waals surface area contributed by atoms with E-state index in [4.69, 9.17) is 8.23 Å². The smallest absolute Gasteiger partial charge is 0.314 e. The maximum absolute atomic E-state index is 6.49. The van der Waals surface area contributed by atoms with Gasteiger partial charge in [0.2, 0.25) is 0 Å². The molecule has 5 heteroatoms. The lowest BCUT2D eigenvalue weighted by Crippen LogP contribution is -2.52. The van der Waals surface area contributed by atoms with Crippen molar-refractivity contribution in [3.63, 3.8) is 0 Å². The van der Waals surface area contributed by atoms with Crippen LogP contribution in [0.25, 0.3) is 0 Å². The fourth-order valence-electron chi connectivity index (χ4n) is 2.19. The molecule has 0 atom stereocenters. The maximum atomic E-state index is 6.49. The van der Waals surface area contributed by atoms with Crippen LogP contribution in [0.4, 0.5) is 0 Å². The van der Waals surface area contributed by atoms with E-state index in [0.29, 0.717) is 0 Å². The molecule has 0 N–H and O–H groups in total. The van der Waals surface area contributed by atoms with E-state index < -0.39 is 25.2 Å². The van der Waals surface area contributed by atoms with Gasteiger partial charge in [0.25, 0.3) is 0 Å². The molecule has 115 valence electrons. The molecule has 0 aliphatic rings. The van der Waals surface area contributed by atoms with E-state index >= 15 is 0 Å². The summed E-state index contributed by atoms with van der Waals surface area (Å²) in [7, 11) is -5.11. The highest BCUT2D eigenvalue weighted by Crippen LogP contribution is 2.28. The third-order valence-electron chi connectivity index (χ3n) is 2.40. The molecule has 0 aromatic heterocycles. The minimum atomic E-state index is -2.03. The van der Waals surface area contributed by atoms with Crippen LogP contribution in [0.2, 0.25) is 51.9 Å². The first-order valence-electron chi connectivity index (χ1n) is 7.37. The molecule has 0 bridgehead atoms. The molecule has 0 unspecified atom stereocenters. The van der Waals surface area contributed by atoms with Gasteiger partial charge in [-0.3, -0.25) is 0 Å². The summed E-state index contributed by atoms with van der Waals surface area (Å²) in [5.41, 5.74) is 0.285. The molecule has 0 amide bonds. The van der Waals surface area contributed by atoms with Crippen LogP contribution in [0, 0.1) is 11.8 Å². The van der Waals surface area contributed by atoms with E-state index in [2.05, 4.69) is 73.0 Å². The van der Waals surface area contributed by atoms with Crippen LogP contribution in [-0.2, 0) is 8.23 Å². The lowest BCUT2D eigenvalue weighted by atomic mass is 9.91. The van der Waals surface area contributed by atoms with Gasteiger partial charge < -0.3 is 8.23 Å². The van der Waals surface area contributed by atoms with Gasteiger partial charge in [-0.25, -0.2) is 0 Å². The highest BCUT2D eigenvalue weighted by atomic mass is 28.5. The third-order valence-corrected chi connectivity index (χ3v) is 11.9. The molecular formula is C14H35O2Si3. The summed E-state index contributed by atoms with van der Waals surface area (Å²) in [5, 5.41) is 0. The first kappa shape index (κ1) is 19.6. The van der Waals surface area contributed by atoms with Crippen LogP contribution in [0.15, 0.2) is 0 Å². The summed E-state index contributed by atoms with van der Waals surface area (Å²) in [6.45, 7) is 22.6. The summed E-state index contributed by atoms with van der Waals surface area (Å²) in [6, 6.07) is 1.08. The second-order valence-corrected chi connectivity index (χ2v) is 21.5. The van der Waals surface area contributed by atoms with Gasteiger partial charge in [0.15, 0.2) is 16.6 Å². The van der Waals surface area contributed by atoms with Crippen molar-refractivity contribution in [1.82, 2.24) is 0 Å². The predicted molar refractivity (Wildman–Crippen MR) is 93.7 cm³/mol. The van der Waals surface area contributed by atoms with Crippen molar-refractivity contribution >= 4 is 25.2 Å². The number of hydrogen-bond acceptors (Lipinski definition) is 2. The summed E-state index contributed by atoms with van der Waals surface area (Å²) in [5.74, 6) is 0. The van der Waals surface area contributed by atoms with Gasteiger partial charge in [-0.1, -0.05) is 20.8 Å². The fraction of sp³-hybridized carbons (Fsp3) is 0.929. The standard InChI is InChI=1S/C14H35O2Si3/c1-14(2,3)12-11-13-19(10,15-17(4,5)6)16-18(7,8)9/h12H,11,13H2,1-10H3. The Balaban J connectivity index is 4.68. The Labute approximate surface area is 124 Å². The van der Waals surface area contributed by atoms with Crippen LogP contribution in [-0.4, -0.2) is 25.2 Å². The molecule has 0 rings (SSSR count). The van der Waals surface area contributed by atoms with Crippen molar-refractivity contribution in [3.05, 3.63) is 6.42 Å². The molecule has 0 saturated heterocycles. The van der Waals surface area contributed by atoms with Gasteiger partial charge in [-0.15, -0.1) is 0 Å². The third kappa shape index (κ3) is 12.1. The van der Waals surface area contributed by atoms with Crippen LogP contribution < -0.4 is 0 Å². The van der Waals surface area contributed by atoms with Gasteiger partial charge in [0.1, 0.15) is 0 Å². The van der Waals surface area contributed by atoms with Crippen molar-refractivity contribution in [2.75, 3.05) is 0 Å². The second-order valence-electron chi connectivity index (χ2n) is 8.67. The molecular weight excluding hydrogens is 284 g/mol. The molecule has 2 nitrogen and oxygen atoms in total. The zero-order valence-electron chi connectivity index (χ0n) is 14.8. The molecule has 0 aromatic rings. The molecule has 1 radical (unpaired) electrons. The number of hydrogen-bond donors (Lipinski definition) is 0. The van der Waals surface area contributed by atoms with Crippen LogP contribution in [0.1, 0.15) is 27.2 Å². The fourth-order valence-corrected chi connectivity index (χ4v) is 14.6. The number of rotatable bonds is 7. The lowest BCUT2D eigenvalue weighted by Gasteiger charge is -2.39. The molecule has 0 spiro atoms. The van der Waals surface area contributed by atoms with Crippen LogP contribution in [0.3, 0.4) is 0 Å². The zero-order chi connectivity index (χ0) is 15.5. The molecule has 0 fully saturated rings. The monoisotopic (exact) mass is 319 g/mol. The molecule has 0 heterocycles. The van der Waals surface area contributed by atoms with Crippen molar-refractivity contribution in [3.8, 4) is 0 Å². The van der Waals surface area contributed by atoms with Crippen molar-refractivity contribution < 1.29 is 8.23 Å². The zero-order valence-corrected chi connectivity index (χ0v) is 17.8. The normalized spacial score (nSPS) is 14.8. The summed E-state index contributed by atoms with van der Waals surface area (Å²) in [4.78, 5) is 0.